The van der Waals surface area contributed by atoms with Crippen LogP contribution in [-0.4, -0.2) is 30.6 Å². The highest BCUT2D eigenvalue weighted by atomic mass is 35.5. The lowest BCUT2D eigenvalue weighted by Gasteiger charge is -2.02. The van der Waals surface area contributed by atoms with Gasteiger partial charge in [0.1, 0.15) is 5.75 Å². The molecule has 0 radical (unpaired) electrons. The third kappa shape index (κ3) is 6.17. The molecule has 0 saturated heterocycles. The fraction of sp³-hybridized carbons (Fsp3) is 0.0952. The number of hydrogen-bond acceptors (Lipinski definition) is 6. The average molecular weight is 429 g/mol. The Labute approximate surface area is 176 Å². The van der Waals surface area contributed by atoms with Gasteiger partial charge in [-0.25, -0.2) is 9.78 Å². The van der Waals surface area contributed by atoms with Crippen LogP contribution in [0.5, 0.6) is 5.75 Å². The van der Waals surface area contributed by atoms with Crippen molar-refractivity contribution in [3.63, 3.8) is 0 Å². The molecule has 0 aliphatic rings. The highest BCUT2D eigenvalue weighted by molar-refractivity contribution is 7.14. The van der Waals surface area contributed by atoms with Gasteiger partial charge in [0.2, 0.25) is 0 Å². The number of carbonyl (C=O) groups is 2. The summed E-state index contributed by atoms with van der Waals surface area (Å²) < 4.78 is 10.1. The summed E-state index contributed by atoms with van der Waals surface area (Å²) in [7, 11) is 1.60. The van der Waals surface area contributed by atoms with Crippen LogP contribution in [0.25, 0.3) is 17.3 Å². The number of benzene rings is 2. The Morgan fingerprint density at radius 1 is 1.21 bits per heavy atom. The number of halogens is 1. The van der Waals surface area contributed by atoms with E-state index in [2.05, 4.69) is 10.3 Å². The van der Waals surface area contributed by atoms with E-state index in [1.54, 1.807) is 37.5 Å². The monoisotopic (exact) mass is 428 g/mol. The standard InChI is InChI=1S/C21H17ClN2O4S/c1-27-17-8-6-15(7-9-17)18-13-29-21(23-18)24-19(25)12-28-20(26)10-5-14-3-2-4-16(22)11-14/h2-11,13H,12H2,1H3,(H,23,24,25)/b10-5+. The Kier molecular flexibility index (Phi) is 6.99. The number of ether oxygens (including phenoxy) is 2. The molecule has 0 spiro atoms. The Morgan fingerprint density at radius 2 is 2.00 bits per heavy atom. The lowest BCUT2D eigenvalue weighted by Crippen LogP contribution is -2.20. The lowest BCUT2D eigenvalue weighted by atomic mass is 10.2. The molecule has 1 amide bonds. The van der Waals surface area contributed by atoms with Gasteiger partial charge in [-0.05, 0) is 48.0 Å². The fourth-order valence-corrected chi connectivity index (χ4v) is 3.27. The number of anilines is 1. The van der Waals surface area contributed by atoms with Gasteiger partial charge in [-0.1, -0.05) is 23.7 Å². The summed E-state index contributed by atoms with van der Waals surface area (Å²) in [5.74, 6) is -0.341. The Morgan fingerprint density at radius 3 is 2.72 bits per heavy atom. The van der Waals surface area contributed by atoms with Crippen LogP contribution in [0.2, 0.25) is 5.02 Å². The Balaban J connectivity index is 1.49. The second-order valence-electron chi connectivity index (χ2n) is 5.81. The van der Waals surface area contributed by atoms with Crippen molar-refractivity contribution in [2.45, 2.75) is 0 Å². The van der Waals surface area contributed by atoms with Gasteiger partial charge in [-0.3, -0.25) is 10.1 Å². The maximum absolute atomic E-state index is 12.0. The Bertz CT molecular complexity index is 1030. The number of hydrogen-bond donors (Lipinski definition) is 1. The molecule has 1 heterocycles. The number of esters is 1. The van der Waals surface area contributed by atoms with Crippen LogP contribution in [0.3, 0.4) is 0 Å². The van der Waals surface area contributed by atoms with Crippen LogP contribution in [0, 0.1) is 0 Å². The second kappa shape index (κ2) is 9.86. The summed E-state index contributed by atoms with van der Waals surface area (Å²) in [4.78, 5) is 28.1. The summed E-state index contributed by atoms with van der Waals surface area (Å²) in [6.45, 7) is -0.407. The molecule has 1 aromatic heterocycles. The zero-order chi connectivity index (χ0) is 20.6. The fourth-order valence-electron chi connectivity index (χ4n) is 2.34. The van der Waals surface area contributed by atoms with Crippen molar-refractivity contribution in [3.8, 4) is 17.0 Å². The molecular formula is C21H17ClN2O4S. The predicted octanol–water partition coefficient (Wildman–Crippen LogP) is 4.67. The second-order valence-corrected chi connectivity index (χ2v) is 7.11. The zero-order valence-electron chi connectivity index (χ0n) is 15.4. The molecule has 0 aliphatic heterocycles. The van der Waals surface area contributed by atoms with Gasteiger partial charge >= 0.3 is 5.97 Å². The number of nitrogens with zero attached hydrogens (tertiary/aromatic N) is 1. The first kappa shape index (κ1) is 20.6. The summed E-state index contributed by atoms with van der Waals surface area (Å²) in [5.41, 5.74) is 2.39. The van der Waals surface area contributed by atoms with Crippen molar-refractivity contribution in [2.75, 3.05) is 19.0 Å². The summed E-state index contributed by atoms with van der Waals surface area (Å²) >= 11 is 7.17. The minimum absolute atomic E-state index is 0.407. The molecule has 148 valence electrons. The number of amides is 1. The van der Waals surface area contributed by atoms with E-state index in [4.69, 9.17) is 21.1 Å². The molecule has 1 N–H and O–H groups in total. The number of methoxy groups -OCH3 is 1. The van der Waals surface area contributed by atoms with Gasteiger partial charge in [0.05, 0.1) is 12.8 Å². The van der Waals surface area contributed by atoms with Crippen molar-refractivity contribution < 1.29 is 19.1 Å². The quantitative estimate of drug-likeness (QED) is 0.437. The number of carbonyl (C=O) groups excluding carboxylic acids is 2. The molecule has 6 nitrogen and oxygen atoms in total. The van der Waals surface area contributed by atoms with Crippen LogP contribution >= 0.6 is 22.9 Å². The molecule has 3 aromatic rings. The van der Waals surface area contributed by atoms with Crippen LogP contribution in [0.15, 0.2) is 60.0 Å². The van der Waals surface area contributed by atoms with Crippen molar-refractivity contribution in [2.24, 2.45) is 0 Å². The molecule has 0 unspecified atom stereocenters. The normalized spacial score (nSPS) is 10.7. The first-order valence-electron chi connectivity index (χ1n) is 8.54. The topological polar surface area (TPSA) is 77.5 Å². The van der Waals surface area contributed by atoms with Gasteiger partial charge in [0.15, 0.2) is 11.7 Å². The van der Waals surface area contributed by atoms with E-state index >= 15 is 0 Å². The van der Waals surface area contributed by atoms with E-state index < -0.39 is 18.5 Å². The Hall–Kier alpha value is -3.16. The van der Waals surface area contributed by atoms with Crippen LogP contribution in [0.1, 0.15) is 5.56 Å². The van der Waals surface area contributed by atoms with Crippen molar-refractivity contribution >= 4 is 46.0 Å². The zero-order valence-corrected chi connectivity index (χ0v) is 17.0. The van der Waals surface area contributed by atoms with Gasteiger partial charge in [0, 0.05) is 22.0 Å². The number of thiazole rings is 1. The van der Waals surface area contributed by atoms with E-state index in [-0.39, 0.29) is 0 Å². The highest BCUT2D eigenvalue weighted by Crippen LogP contribution is 2.26. The molecule has 0 saturated carbocycles. The first-order valence-corrected chi connectivity index (χ1v) is 9.79. The number of aromatic nitrogens is 1. The summed E-state index contributed by atoms with van der Waals surface area (Å²) in [6.07, 6.45) is 2.80. The number of nitrogens with one attached hydrogen (secondary N) is 1. The molecule has 0 fully saturated rings. The van der Waals surface area contributed by atoms with E-state index in [0.717, 1.165) is 22.6 Å². The van der Waals surface area contributed by atoms with Crippen LogP contribution in [0.4, 0.5) is 5.13 Å². The summed E-state index contributed by atoms with van der Waals surface area (Å²) in [6, 6.07) is 14.5. The van der Waals surface area contributed by atoms with E-state index in [1.807, 2.05) is 29.6 Å². The highest BCUT2D eigenvalue weighted by Gasteiger charge is 2.10. The van der Waals surface area contributed by atoms with Crippen LogP contribution < -0.4 is 10.1 Å². The summed E-state index contributed by atoms with van der Waals surface area (Å²) in [5, 5.41) is 5.44. The minimum Gasteiger partial charge on any atom is -0.497 e. The third-order valence-electron chi connectivity index (χ3n) is 3.74. The maximum Gasteiger partial charge on any atom is 0.331 e. The largest absolute Gasteiger partial charge is 0.497 e. The van der Waals surface area contributed by atoms with E-state index in [1.165, 1.54) is 17.4 Å². The third-order valence-corrected chi connectivity index (χ3v) is 4.74. The van der Waals surface area contributed by atoms with Crippen molar-refractivity contribution in [1.29, 1.82) is 0 Å². The maximum atomic E-state index is 12.0. The first-order chi connectivity index (χ1) is 14.0. The van der Waals surface area contributed by atoms with Gasteiger partial charge in [-0.15, -0.1) is 11.3 Å². The molecule has 29 heavy (non-hydrogen) atoms. The SMILES string of the molecule is COc1ccc(-c2csc(NC(=O)COC(=O)/C=C/c3cccc(Cl)c3)n2)cc1. The smallest absolute Gasteiger partial charge is 0.331 e. The molecule has 0 bridgehead atoms. The van der Waals surface area contributed by atoms with Gasteiger partial charge in [-0.2, -0.15) is 0 Å². The number of rotatable bonds is 7. The predicted molar refractivity (Wildman–Crippen MR) is 114 cm³/mol. The van der Waals surface area contributed by atoms with E-state index in [9.17, 15) is 9.59 Å². The van der Waals surface area contributed by atoms with Crippen LogP contribution in [-0.2, 0) is 14.3 Å². The molecule has 0 aliphatic carbocycles. The van der Waals surface area contributed by atoms with Crippen molar-refractivity contribution in [3.05, 3.63) is 70.6 Å². The molecule has 8 heteroatoms. The molecule has 0 atom stereocenters. The van der Waals surface area contributed by atoms with Gasteiger partial charge < -0.3 is 9.47 Å². The molecule has 2 aromatic carbocycles. The van der Waals surface area contributed by atoms with Crippen molar-refractivity contribution in [1.82, 2.24) is 4.98 Å². The lowest BCUT2D eigenvalue weighted by molar-refractivity contribution is -0.142. The molecular weight excluding hydrogens is 412 g/mol. The van der Waals surface area contributed by atoms with Gasteiger partial charge in [0.25, 0.3) is 5.91 Å². The molecule has 3 rings (SSSR count). The minimum atomic E-state index is -0.627. The van der Waals surface area contributed by atoms with E-state index in [0.29, 0.717) is 10.2 Å². The average Bonchev–Trinajstić information content (AvgIpc) is 3.19.